The molecule has 6 aromatic rings. The number of halogens is 2. The molecule has 4 N–H and O–H groups in total. The van der Waals surface area contributed by atoms with Gasteiger partial charge in [0.05, 0.1) is 48.4 Å². The molecule has 0 aromatic heterocycles. The van der Waals surface area contributed by atoms with E-state index in [1.807, 2.05) is 32.9 Å². The van der Waals surface area contributed by atoms with Gasteiger partial charge in [-0.2, -0.15) is 0 Å². The van der Waals surface area contributed by atoms with Crippen LogP contribution in [-0.4, -0.2) is 155 Å². The molecule has 3 heterocycles. The summed E-state index contributed by atoms with van der Waals surface area (Å²) in [6.45, 7) is 12.9. The summed E-state index contributed by atoms with van der Waals surface area (Å²) in [6, 6.07) is 33.9. The zero-order chi connectivity index (χ0) is 82.8. The highest BCUT2D eigenvalue weighted by Gasteiger charge is 2.57. The number of ketones is 3. The third-order valence-corrected chi connectivity index (χ3v) is 20.9. The first-order chi connectivity index (χ1) is 54.0. The molecule has 3 amide bonds. The summed E-state index contributed by atoms with van der Waals surface area (Å²) in [4.78, 5) is 148. The van der Waals surface area contributed by atoms with Crippen LogP contribution in [0.4, 0.5) is 38.9 Å². The third-order valence-electron chi connectivity index (χ3n) is 20.6. The lowest BCUT2D eigenvalue weighted by atomic mass is 9.54. The highest BCUT2D eigenvalue weighted by Crippen LogP contribution is 2.59. The number of likely N-dealkylation sites (tertiary alicyclic amines) is 2. The van der Waals surface area contributed by atoms with E-state index in [1.165, 1.54) is 72.8 Å². The Bertz CT molecular complexity index is 4730. The number of nitro benzene ring substituents is 6. The van der Waals surface area contributed by atoms with E-state index in [2.05, 4.69) is 15.5 Å². The van der Waals surface area contributed by atoms with Gasteiger partial charge in [-0.1, -0.05) is 0 Å². The fraction of sp³-hybridized carbons (Fsp3) is 0.333. The number of benzene rings is 6. The number of amides is 3. The Labute approximate surface area is 670 Å². The first-order valence-corrected chi connectivity index (χ1v) is 36.7. The fourth-order valence-corrected chi connectivity index (χ4v) is 14.8. The Morgan fingerprint density at radius 3 is 0.878 bits per heavy atom. The number of nitrogens with one attached hydrogen (secondary N) is 3. The number of alkyl carbamates (subject to hydrolysis) is 1. The van der Waals surface area contributed by atoms with Gasteiger partial charge in [-0.25, -0.2) is 9.63 Å². The zero-order valence-electron chi connectivity index (χ0n) is 63.4. The van der Waals surface area contributed by atoms with E-state index in [0.29, 0.717) is 94.5 Å². The SMILES string of the molecule is CC(C)(C)OCC(NC(=O)OC(C)(C)C)C(=O)N1CCC2(CC1)/C(=C\c1ccc([N+](=O)[O-])cc1)C(=O)/C2=C/c1ccc([N+](=O)[O-])cc1.Cl.O=C1/C(=C/c2ccc([N+](=O)[O-])cc2)C2(CCN(C(=O)C(CO)NCl)CC2)/C1=C\c1ccc([N+](=O)[O-])cc1.O=C1/C(=C/c2ccc([N+](=O)[O-])cc2)C2(CCNCC2)/C1=C\c1ccc([N+](=O)[O-])cc1. The van der Waals surface area contributed by atoms with E-state index in [4.69, 9.17) is 21.3 Å². The summed E-state index contributed by atoms with van der Waals surface area (Å²) in [5, 5.41) is 81.3. The number of hydrogen-bond acceptors (Lipinski definition) is 23. The highest BCUT2D eigenvalue weighted by atomic mass is 35.5. The van der Waals surface area contributed by atoms with E-state index < -0.39 is 76.4 Å². The molecule has 2 unspecified atom stereocenters. The molecule has 3 aliphatic carbocycles. The second-order valence-corrected chi connectivity index (χ2v) is 30.3. The number of nitro groups is 6. The lowest BCUT2D eigenvalue weighted by Crippen LogP contribution is -2.57. The van der Waals surface area contributed by atoms with Crippen molar-refractivity contribution < 1.29 is 72.9 Å². The van der Waals surface area contributed by atoms with Crippen LogP contribution in [0.5, 0.6) is 0 Å². The summed E-state index contributed by atoms with van der Waals surface area (Å²) in [5.74, 6) is -1.13. The summed E-state index contributed by atoms with van der Waals surface area (Å²) >= 11 is 5.58. The summed E-state index contributed by atoms with van der Waals surface area (Å²) in [7, 11) is 0. The van der Waals surface area contributed by atoms with Crippen molar-refractivity contribution in [3.05, 3.63) is 273 Å². The lowest BCUT2D eigenvalue weighted by molar-refractivity contribution is -0.385. The molecule has 3 aliphatic heterocycles. The highest BCUT2D eigenvalue weighted by molar-refractivity contribution is 6.25. The number of allylic oxidation sites excluding steroid dienone is 6. The van der Waals surface area contributed by atoms with Gasteiger partial charge in [0.1, 0.15) is 17.7 Å². The second kappa shape index (κ2) is 36.3. The van der Waals surface area contributed by atoms with Gasteiger partial charge in [0.15, 0.2) is 17.3 Å². The molecular weight excluding hydrogens is 1530 g/mol. The Hall–Kier alpha value is -12.2. The minimum absolute atomic E-state index is 0. The van der Waals surface area contributed by atoms with Gasteiger partial charge in [-0.3, -0.25) is 84.7 Å². The Morgan fingerprint density at radius 1 is 0.435 bits per heavy atom. The molecule has 2 atom stereocenters. The van der Waals surface area contributed by atoms with Crippen molar-refractivity contribution in [3.63, 3.8) is 0 Å². The molecule has 3 saturated heterocycles. The van der Waals surface area contributed by atoms with Gasteiger partial charge in [0.25, 0.3) is 34.1 Å². The molecular formula is C81H83Cl2N11O21. The van der Waals surface area contributed by atoms with Gasteiger partial charge in [-0.05, 0) is 248 Å². The fourth-order valence-electron chi connectivity index (χ4n) is 14.6. The standard InChI is InChI=1S/C34H40N4O9.C25H23ClN4O7.C22H19N3O5.ClH/c1-32(2,3)46-21-28(35-31(41)47-33(4,5)6)30(40)36-17-15-34(16-18-36)26(19-22-7-11-24(12-8-22)37(42)43)29(39)27(34)20-23-9-13-25(14-10-23)38(44)45;26-27-22(15-31)24(33)28-11-9-25(10-12-28)20(13-16-1-5-18(6-2-16)29(34)35)23(32)21(25)14-17-3-7-19(8-4-17)30(36)37;26-21-19(13-15-1-5-17(6-2-15)24(27)28)22(9-11-23-12-10-22)20(21)14-16-3-7-18(8-4-16)25(29)30;/h7-14,19-20,28H,15-18,21H2,1-6H3,(H,35,41);1-8,13-14,22,27,31H,9-12,15H2;1-8,13-14,23H,9-12H2;1H/b26-19-,27-20-;20-13-,21-14-;19-13-,20-14-;. The van der Waals surface area contributed by atoms with Crippen LogP contribution in [-0.2, 0) is 33.4 Å². The van der Waals surface area contributed by atoms with Gasteiger partial charge in [0, 0.05) is 149 Å². The smallest absolute Gasteiger partial charge is 0.408 e. The Balaban J connectivity index is 0.000000201. The van der Waals surface area contributed by atoms with Crippen molar-refractivity contribution in [2.24, 2.45) is 16.2 Å². The average Bonchev–Trinajstić information content (AvgIpc) is 0.723. The summed E-state index contributed by atoms with van der Waals surface area (Å²) in [6.07, 6.45) is 13.0. The van der Waals surface area contributed by atoms with Crippen LogP contribution >= 0.6 is 24.2 Å². The van der Waals surface area contributed by atoms with Crippen molar-refractivity contribution in [1.82, 2.24) is 25.3 Å². The van der Waals surface area contributed by atoms with E-state index in [9.17, 15) is 94.6 Å². The van der Waals surface area contributed by atoms with Gasteiger partial charge in [-0.15, -0.1) is 12.4 Å². The number of carbonyl (C=O) groups is 6. The molecule has 0 bridgehead atoms. The molecule has 3 spiro atoms. The number of aliphatic hydroxyl groups excluding tert-OH is 1. The van der Waals surface area contributed by atoms with Crippen LogP contribution in [0.1, 0.15) is 113 Å². The molecule has 12 rings (SSSR count). The Kier molecular flexibility index (Phi) is 27.4. The Morgan fingerprint density at radius 2 is 0.670 bits per heavy atom. The zero-order valence-corrected chi connectivity index (χ0v) is 64.9. The number of nitrogens with zero attached hydrogens (tertiary/aromatic N) is 8. The van der Waals surface area contributed by atoms with Gasteiger partial charge < -0.3 is 35.0 Å². The maximum atomic E-state index is 13.8. The van der Waals surface area contributed by atoms with Crippen LogP contribution in [0, 0.1) is 76.9 Å². The van der Waals surface area contributed by atoms with Crippen molar-refractivity contribution in [3.8, 4) is 0 Å². The first kappa shape index (κ1) is 86.8. The predicted octanol–water partition coefficient (Wildman–Crippen LogP) is 13.5. The van der Waals surface area contributed by atoms with Crippen LogP contribution in [0.15, 0.2) is 179 Å². The number of non-ortho nitro benzene ring substituents is 6. The summed E-state index contributed by atoms with van der Waals surface area (Å²) in [5.41, 5.74) is 4.18. The van der Waals surface area contributed by atoms with Gasteiger partial charge in [0.2, 0.25) is 11.8 Å². The molecule has 6 fully saturated rings. The molecule has 6 aromatic carbocycles. The maximum Gasteiger partial charge on any atom is 0.408 e. The molecule has 0 radical (unpaired) electrons. The van der Waals surface area contributed by atoms with Crippen LogP contribution in [0.25, 0.3) is 36.5 Å². The van der Waals surface area contributed by atoms with Gasteiger partial charge >= 0.3 is 6.09 Å². The van der Waals surface area contributed by atoms with Crippen LogP contribution in [0.2, 0.25) is 0 Å². The van der Waals surface area contributed by atoms with E-state index in [-0.39, 0.29) is 101 Å². The van der Waals surface area contributed by atoms with Crippen molar-refractivity contribution in [2.45, 2.75) is 103 Å². The van der Waals surface area contributed by atoms with Crippen molar-refractivity contribution >= 4 is 130 Å². The minimum Gasteiger partial charge on any atom is -0.444 e. The third kappa shape index (κ3) is 20.1. The molecule has 115 heavy (non-hydrogen) atoms. The molecule has 32 nitrogen and oxygen atoms in total. The average molecular weight is 1620 g/mol. The largest absolute Gasteiger partial charge is 0.444 e. The van der Waals surface area contributed by atoms with Crippen molar-refractivity contribution in [1.29, 1.82) is 0 Å². The van der Waals surface area contributed by atoms with E-state index in [1.54, 1.807) is 128 Å². The second-order valence-electron chi connectivity index (χ2n) is 30.0. The molecule has 3 saturated carbocycles. The number of ether oxygens (including phenoxy) is 2. The summed E-state index contributed by atoms with van der Waals surface area (Å²) < 4.78 is 11.3. The molecule has 34 heteroatoms. The van der Waals surface area contributed by atoms with Crippen molar-refractivity contribution in [2.75, 3.05) is 52.5 Å². The number of piperidine rings is 3. The number of Topliss-reactive ketones (excluding diaryl/α,β-unsaturated/α-hetero) is 3. The molecule has 602 valence electrons. The maximum absolute atomic E-state index is 13.8. The topological polar surface area (TPSA) is 443 Å². The number of rotatable bonds is 19. The minimum atomic E-state index is -1.01. The quantitative estimate of drug-likeness (QED) is 0.0253. The van der Waals surface area contributed by atoms with E-state index >= 15 is 0 Å². The number of aliphatic hydroxyl groups is 1. The number of hydrogen-bond donors (Lipinski definition) is 4. The van der Waals surface area contributed by atoms with Crippen LogP contribution in [0.3, 0.4) is 0 Å². The first-order valence-electron chi connectivity index (χ1n) is 36.3. The lowest BCUT2D eigenvalue weighted by Gasteiger charge is -2.51. The predicted molar refractivity (Wildman–Crippen MR) is 428 cm³/mol. The normalized spacial score (nSPS) is 19.2. The number of carbonyl (C=O) groups excluding carboxylic acids is 6. The monoisotopic (exact) mass is 1620 g/mol. The molecule has 6 aliphatic rings. The van der Waals surface area contributed by atoms with Crippen LogP contribution < -0.4 is 15.5 Å². The van der Waals surface area contributed by atoms with E-state index in [0.717, 1.165) is 37.1 Å².